The van der Waals surface area contributed by atoms with Crippen LogP contribution in [0.3, 0.4) is 0 Å². The van der Waals surface area contributed by atoms with Crippen molar-refractivity contribution in [1.82, 2.24) is 0 Å². The molecular formula is C62H39NO. The van der Waals surface area contributed by atoms with E-state index in [1.54, 1.807) is 0 Å². The van der Waals surface area contributed by atoms with Gasteiger partial charge in [-0.25, -0.2) is 0 Å². The van der Waals surface area contributed by atoms with Crippen molar-refractivity contribution in [1.29, 1.82) is 0 Å². The predicted octanol–water partition coefficient (Wildman–Crippen LogP) is 15.6. The highest BCUT2D eigenvalue weighted by Crippen LogP contribution is 2.66. The lowest BCUT2D eigenvalue weighted by Crippen LogP contribution is -2.32. The van der Waals surface area contributed by atoms with Gasteiger partial charge in [0.25, 0.3) is 0 Å². The summed E-state index contributed by atoms with van der Waals surface area (Å²) < 4.78 is 6.86. The van der Waals surface area contributed by atoms with Crippen LogP contribution in [-0.4, -0.2) is 0 Å². The molecule has 64 heavy (non-hydrogen) atoms. The van der Waals surface area contributed by atoms with Crippen molar-refractivity contribution < 1.29 is 4.74 Å². The molecular weight excluding hydrogens is 775 g/mol. The third-order valence-electron chi connectivity index (χ3n) is 14.5. The lowest BCUT2D eigenvalue weighted by molar-refractivity contribution is 0.436. The number of rotatable bonds is 4. The predicted molar refractivity (Wildman–Crippen MR) is 260 cm³/mol. The second-order valence-corrected chi connectivity index (χ2v) is 17.5. The summed E-state index contributed by atoms with van der Waals surface area (Å²) in [4.78, 5) is 2.50. The molecule has 1 aliphatic heterocycles. The fourth-order valence-electron chi connectivity index (χ4n) is 12.2. The van der Waals surface area contributed by atoms with E-state index in [9.17, 15) is 0 Å². The smallest absolute Gasteiger partial charge is 0.132 e. The van der Waals surface area contributed by atoms with E-state index in [2.05, 4.69) is 241 Å². The van der Waals surface area contributed by atoms with Crippen LogP contribution in [0, 0.1) is 0 Å². The molecule has 1 heterocycles. The van der Waals surface area contributed by atoms with Gasteiger partial charge in [0, 0.05) is 28.1 Å². The standard InChI is InChI=1S/C62H39NO/c1-3-18-40(19-4-1)41-34-37-59-56(38-41)62(53-30-15-16-33-58(53)64-59)52-29-14-10-25-48(52)60-54(62)31-17-32-57(60)63(42-20-5-2-6-21-42)43-35-36-47-46-24-9-13-28-51(46)61(55(47)39-43)49-26-11-7-22-44(49)45-23-8-12-27-50(45)61/h1-39H. The van der Waals surface area contributed by atoms with Gasteiger partial charge in [-0.3, -0.25) is 0 Å². The average Bonchev–Trinajstić information content (AvgIpc) is 3.95. The number of benzene rings is 10. The summed E-state index contributed by atoms with van der Waals surface area (Å²) in [6, 6.07) is 87.5. The second kappa shape index (κ2) is 13.2. The van der Waals surface area contributed by atoms with E-state index >= 15 is 0 Å². The Morgan fingerprint density at radius 3 is 1.45 bits per heavy atom. The summed E-state index contributed by atoms with van der Waals surface area (Å²) in [6.45, 7) is 0. The van der Waals surface area contributed by atoms with E-state index in [1.807, 2.05) is 0 Å². The molecule has 0 fully saturated rings. The molecule has 0 N–H and O–H groups in total. The Kier molecular flexibility index (Phi) is 7.28. The molecule has 14 rings (SSSR count). The summed E-state index contributed by atoms with van der Waals surface area (Å²) in [5.74, 6) is 1.77. The van der Waals surface area contributed by atoms with Gasteiger partial charge >= 0.3 is 0 Å². The zero-order valence-corrected chi connectivity index (χ0v) is 34.9. The highest BCUT2D eigenvalue weighted by molar-refractivity contribution is 6.00. The molecule has 0 bridgehead atoms. The SMILES string of the molecule is c1ccc(-c2ccc3c(c2)C2(c4ccccc4O3)c3ccccc3-c3c(N(c4ccccc4)c4ccc5c(c4)C4(c6ccccc6-c6ccccc64)c4ccccc4-5)cccc32)cc1. The minimum absolute atomic E-state index is 0.460. The second-order valence-electron chi connectivity index (χ2n) is 17.5. The van der Waals surface area contributed by atoms with E-state index in [-0.39, 0.29) is 0 Å². The van der Waals surface area contributed by atoms with E-state index in [4.69, 9.17) is 4.74 Å². The zero-order valence-electron chi connectivity index (χ0n) is 34.9. The molecule has 10 aromatic rings. The first-order valence-electron chi connectivity index (χ1n) is 22.3. The zero-order chi connectivity index (χ0) is 42.0. The van der Waals surface area contributed by atoms with E-state index < -0.39 is 10.8 Å². The molecule has 2 nitrogen and oxygen atoms in total. The van der Waals surface area contributed by atoms with Crippen LogP contribution in [0.5, 0.6) is 11.5 Å². The van der Waals surface area contributed by atoms with Gasteiger partial charge in [0.2, 0.25) is 0 Å². The van der Waals surface area contributed by atoms with Gasteiger partial charge in [-0.2, -0.15) is 0 Å². The van der Waals surface area contributed by atoms with Gasteiger partial charge in [-0.15, -0.1) is 0 Å². The molecule has 0 saturated heterocycles. The number of hydrogen-bond donors (Lipinski definition) is 0. The highest BCUT2D eigenvalue weighted by atomic mass is 16.5. The van der Waals surface area contributed by atoms with Gasteiger partial charge in [0.1, 0.15) is 11.5 Å². The molecule has 0 radical (unpaired) electrons. The van der Waals surface area contributed by atoms with Crippen LogP contribution in [0.4, 0.5) is 17.1 Å². The lowest BCUT2D eigenvalue weighted by atomic mass is 9.65. The molecule has 0 saturated carbocycles. The van der Waals surface area contributed by atoms with Gasteiger partial charge in [-0.05, 0) is 121 Å². The van der Waals surface area contributed by atoms with E-state index in [0.29, 0.717) is 0 Å². The molecule has 2 heteroatoms. The fourth-order valence-corrected chi connectivity index (χ4v) is 12.2. The average molecular weight is 814 g/mol. The van der Waals surface area contributed by atoms with Crippen molar-refractivity contribution in [2.24, 2.45) is 0 Å². The van der Waals surface area contributed by atoms with Crippen molar-refractivity contribution in [3.05, 3.63) is 281 Å². The Hall–Kier alpha value is -8.20. The minimum atomic E-state index is -0.639. The van der Waals surface area contributed by atoms with Crippen LogP contribution in [0.25, 0.3) is 44.5 Å². The van der Waals surface area contributed by atoms with Crippen LogP contribution < -0.4 is 9.64 Å². The van der Waals surface area contributed by atoms with E-state index in [1.165, 1.54) is 72.3 Å². The molecule has 3 aliphatic carbocycles. The first-order valence-corrected chi connectivity index (χ1v) is 22.3. The molecule has 298 valence electrons. The third kappa shape index (κ3) is 4.49. The van der Waals surface area contributed by atoms with Crippen LogP contribution in [-0.2, 0) is 10.8 Å². The van der Waals surface area contributed by atoms with Crippen molar-refractivity contribution in [3.63, 3.8) is 0 Å². The van der Waals surface area contributed by atoms with Crippen LogP contribution in [0.1, 0.15) is 44.5 Å². The summed E-state index contributed by atoms with van der Waals surface area (Å²) >= 11 is 0. The van der Waals surface area contributed by atoms with Gasteiger partial charge in [-0.1, -0.05) is 188 Å². The maximum atomic E-state index is 6.86. The molecule has 0 aromatic heterocycles. The number of hydrogen-bond acceptors (Lipinski definition) is 2. The fraction of sp³-hybridized carbons (Fsp3) is 0.0323. The highest BCUT2D eigenvalue weighted by Gasteiger charge is 2.54. The van der Waals surface area contributed by atoms with Gasteiger partial charge in [0.05, 0.1) is 16.5 Å². The van der Waals surface area contributed by atoms with Crippen LogP contribution in [0.15, 0.2) is 237 Å². The lowest BCUT2D eigenvalue weighted by Gasteiger charge is -2.40. The topological polar surface area (TPSA) is 12.5 Å². The van der Waals surface area contributed by atoms with Crippen molar-refractivity contribution in [2.75, 3.05) is 4.90 Å². The van der Waals surface area contributed by atoms with Crippen molar-refractivity contribution in [2.45, 2.75) is 10.8 Å². The quantitative estimate of drug-likeness (QED) is 0.175. The Balaban J connectivity index is 1.05. The molecule has 0 amide bonds. The van der Waals surface area contributed by atoms with Crippen molar-refractivity contribution >= 4 is 17.1 Å². The summed E-state index contributed by atoms with van der Waals surface area (Å²) in [5, 5.41) is 0. The number of ether oxygens (including phenoxy) is 1. The van der Waals surface area contributed by atoms with E-state index in [0.717, 1.165) is 45.3 Å². The van der Waals surface area contributed by atoms with Crippen LogP contribution >= 0.6 is 0 Å². The minimum Gasteiger partial charge on any atom is -0.457 e. The maximum Gasteiger partial charge on any atom is 0.132 e. The Morgan fingerprint density at radius 2 is 0.781 bits per heavy atom. The number of anilines is 3. The normalized spacial score (nSPS) is 15.8. The monoisotopic (exact) mass is 813 g/mol. The van der Waals surface area contributed by atoms with Gasteiger partial charge in [0.15, 0.2) is 0 Å². The molecule has 2 spiro atoms. The van der Waals surface area contributed by atoms with Crippen molar-refractivity contribution in [3.8, 4) is 56.0 Å². The summed E-state index contributed by atoms with van der Waals surface area (Å²) in [7, 11) is 0. The Morgan fingerprint density at radius 1 is 0.281 bits per heavy atom. The Bertz CT molecular complexity index is 3490. The number of para-hydroxylation sites is 2. The number of nitrogens with zero attached hydrogens (tertiary/aromatic N) is 1. The van der Waals surface area contributed by atoms with Gasteiger partial charge < -0.3 is 9.64 Å². The molecule has 10 aromatic carbocycles. The third-order valence-corrected chi connectivity index (χ3v) is 14.5. The number of fused-ring (bicyclic) bond motifs is 19. The molecule has 1 unspecified atom stereocenters. The maximum absolute atomic E-state index is 6.86. The largest absolute Gasteiger partial charge is 0.457 e. The molecule has 4 aliphatic rings. The summed E-state index contributed by atoms with van der Waals surface area (Å²) in [6.07, 6.45) is 0. The molecule has 1 atom stereocenters. The Labute approximate surface area is 373 Å². The van der Waals surface area contributed by atoms with Crippen LogP contribution in [0.2, 0.25) is 0 Å². The summed E-state index contributed by atoms with van der Waals surface area (Å²) in [5.41, 5.74) is 22.4. The first kappa shape index (κ1) is 35.4. The first-order chi connectivity index (χ1) is 31.8.